The third-order valence-corrected chi connectivity index (χ3v) is 3.90. The molecule has 0 fully saturated rings. The maximum absolute atomic E-state index is 12.0. The lowest BCUT2D eigenvalue weighted by atomic mass is 9.94. The third kappa shape index (κ3) is 12.2. The van der Waals surface area contributed by atoms with Gasteiger partial charge >= 0.3 is 29.8 Å². The molecule has 0 unspecified atom stereocenters. The molecule has 0 spiro atoms. The Morgan fingerprint density at radius 2 is 1.15 bits per heavy atom. The van der Waals surface area contributed by atoms with Gasteiger partial charge in [0.05, 0.1) is 0 Å². The minimum atomic E-state index is -1.56. The molecule has 0 aromatic rings. The first-order valence-corrected chi connectivity index (χ1v) is 9.98. The lowest BCUT2D eigenvalue weighted by Gasteiger charge is -2.38. The van der Waals surface area contributed by atoms with Crippen molar-refractivity contribution in [3.05, 3.63) is 12.7 Å². The van der Waals surface area contributed by atoms with Crippen molar-refractivity contribution < 1.29 is 52.5 Å². The second kappa shape index (κ2) is 14.6. The van der Waals surface area contributed by atoms with E-state index in [9.17, 15) is 28.8 Å². The molecule has 0 aliphatic rings. The number of esters is 5. The first-order chi connectivity index (χ1) is 15.3. The summed E-state index contributed by atoms with van der Waals surface area (Å²) in [4.78, 5) is 70.5. The summed E-state index contributed by atoms with van der Waals surface area (Å²) < 4.78 is 26.0. The highest BCUT2D eigenvalue weighted by Gasteiger charge is 2.46. The third-order valence-electron chi connectivity index (χ3n) is 3.90. The Balaban J connectivity index is 6.66. The summed E-state index contributed by atoms with van der Waals surface area (Å²) in [6.45, 7) is 9.61. The van der Waals surface area contributed by atoms with Crippen LogP contribution in [0.1, 0.15) is 48.0 Å². The van der Waals surface area contributed by atoms with Crippen molar-refractivity contribution >= 4 is 35.8 Å². The highest BCUT2D eigenvalue weighted by Crippen LogP contribution is 2.22. The standard InChI is InChI=1S/C21H31NO11/c1-8-9-17(30-13(4)25)19(22-11(2)23)21(33-16(7)28)20(32-15(6)27)18(31-14(5)26)10-29-12(3)24/h8,17-21H,1,9-10H2,2-7H3,(H,22,23)/t17-,18-,19-,20-,21-/m1/s1. The van der Waals surface area contributed by atoms with Gasteiger partial charge in [-0.25, -0.2) is 0 Å². The lowest BCUT2D eigenvalue weighted by molar-refractivity contribution is -0.195. The molecular weight excluding hydrogens is 442 g/mol. The zero-order valence-electron chi connectivity index (χ0n) is 19.6. The van der Waals surface area contributed by atoms with Crippen molar-refractivity contribution in [3.8, 4) is 0 Å². The van der Waals surface area contributed by atoms with Crippen LogP contribution in [0.4, 0.5) is 0 Å². The first-order valence-electron chi connectivity index (χ1n) is 9.98. The van der Waals surface area contributed by atoms with Gasteiger partial charge < -0.3 is 29.0 Å². The fourth-order valence-electron chi connectivity index (χ4n) is 2.96. The molecule has 0 radical (unpaired) electrons. The Hall–Kier alpha value is -3.44. The number of carbonyl (C=O) groups excluding carboxylic acids is 6. The summed E-state index contributed by atoms with van der Waals surface area (Å²) in [7, 11) is 0. The van der Waals surface area contributed by atoms with E-state index in [1.54, 1.807) is 0 Å². The highest BCUT2D eigenvalue weighted by molar-refractivity contribution is 5.74. The van der Waals surface area contributed by atoms with Crippen LogP contribution >= 0.6 is 0 Å². The van der Waals surface area contributed by atoms with E-state index in [2.05, 4.69) is 11.9 Å². The van der Waals surface area contributed by atoms with Crippen molar-refractivity contribution in [2.24, 2.45) is 0 Å². The quantitative estimate of drug-likeness (QED) is 0.223. The van der Waals surface area contributed by atoms with E-state index < -0.39 is 72.8 Å². The van der Waals surface area contributed by atoms with Gasteiger partial charge in [-0.15, -0.1) is 6.58 Å². The maximum atomic E-state index is 12.0. The normalized spacial score (nSPS) is 14.8. The van der Waals surface area contributed by atoms with Gasteiger partial charge in [0.1, 0.15) is 18.8 Å². The molecule has 0 aromatic carbocycles. The first kappa shape index (κ1) is 29.6. The SMILES string of the molecule is C=CC[C@@H](OC(C)=O)[C@@H](NC(C)=O)[C@@H](OC(C)=O)[C@H](OC(C)=O)[C@@H](COC(C)=O)OC(C)=O. The zero-order valence-corrected chi connectivity index (χ0v) is 19.6. The van der Waals surface area contributed by atoms with E-state index in [0.717, 1.165) is 34.6 Å². The number of nitrogens with one attached hydrogen (secondary N) is 1. The molecule has 12 nitrogen and oxygen atoms in total. The van der Waals surface area contributed by atoms with Gasteiger partial charge in [-0.3, -0.25) is 28.8 Å². The van der Waals surface area contributed by atoms with Crippen molar-refractivity contribution in [2.75, 3.05) is 6.61 Å². The van der Waals surface area contributed by atoms with Crippen LogP contribution < -0.4 is 5.32 Å². The van der Waals surface area contributed by atoms with E-state index in [4.69, 9.17) is 23.7 Å². The smallest absolute Gasteiger partial charge is 0.303 e. The number of ether oxygens (including phenoxy) is 5. The molecule has 0 heterocycles. The summed E-state index contributed by atoms with van der Waals surface area (Å²) in [6, 6.07) is -1.27. The molecule has 0 saturated heterocycles. The number of hydrogen-bond donors (Lipinski definition) is 1. The molecule has 0 aliphatic carbocycles. The molecule has 0 aromatic heterocycles. The van der Waals surface area contributed by atoms with Gasteiger partial charge in [-0.2, -0.15) is 0 Å². The summed E-state index contributed by atoms with van der Waals surface area (Å²) in [5, 5.41) is 2.52. The summed E-state index contributed by atoms with van der Waals surface area (Å²) >= 11 is 0. The Morgan fingerprint density at radius 1 is 0.697 bits per heavy atom. The number of rotatable bonds is 13. The molecule has 5 atom stereocenters. The van der Waals surface area contributed by atoms with E-state index in [0.29, 0.717) is 0 Å². The summed E-state index contributed by atoms with van der Waals surface area (Å²) in [5.41, 5.74) is 0. The molecule has 33 heavy (non-hydrogen) atoms. The molecule has 0 bridgehead atoms. The van der Waals surface area contributed by atoms with Crippen LogP contribution in [0.5, 0.6) is 0 Å². The van der Waals surface area contributed by atoms with Gasteiger partial charge in [0.2, 0.25) is 5.91 Å². The zero-order chi connectivity index (χ0) is 25.7. The number of carbonyl (C=O) groups is 6. The minimum Gasteiger partial charge on any atom is -0.462 e. The average molecular weight is 473 g/mol. The molecule has 1 N–H and O–H groups in total. The molecule has 12 heteroatoms. The fourth-order valence-corrected chi connectivity index (χ4v) is 2.96. The van der Waals surface area contributed by atoms with E-state index in [-0.39, 0.29) is 6.42 Å². The van der Waals surface area contributed by atoms with Gasteiger partial charge in [-0.05, 0) is 0 Å². The Morgan fingerprint density at radius 3 is 1.55 bits per heavy atom. The largest absolute Gasteiger partial charge is 0.462 e. The van der Waals surface area contributed by atoms with E-state index in [1.807, 2.05) is 0 Å². The van der Waals surface area contributed by atoms with Crippen molar-refractivity contribution in [1.29, 1.82) is 0 Å². The van der Waals surface area contributed by atoms with Crippen molar-refractivity contribution in [3.63, 3.8) is 0 Å². The average Bonchev–Trinajstić information content (AvgIpc) is 2.64. The molecule has 0 rings (SSSR count). The lowest BCUT2D eigenvalue weighted by Crippen LogP contribution is -2.60. The van der Waals surface area contributed by atoms with Crippen LogP contribution in [0.15, 0.2) is 12.7 Å². The predicted octanol–water partition coefficient (Wildman–Crippen LogP) is 0.357. The Kier molecular flexibility index (Phi) is 13.1. The summed E-state index contributed by atoms with van der Waals surface area (Å²) in [5.74, 6) is -4.54. The molecular formula is C21H31NO11. The van der Waals surface area contributed by atoms with Crippen LogP contribution in [-0.4, -0.2) is 72.8 Å². The molecule has 0 aliphatic heterocycles. The second-order valence-electron chi connectivity index (χ2n) is 7.00. The van der Waals surface area contributed by atoms with Crippen molar-refractivity contribution in [2.45, 2.75) is 78.4 Å². The minimum absolute atomic E-state index is 0.0112. The van der Waals surface area contributed by atoms with Crippen LogP contribution in [-0.2, 0) is 52.5 Å². The number of amides is 1. The fraction of sp³-hybridized carbons (Fsp3) is 0.619. The molecule has 186 valence electrons. The van der Waals surface area contributed by atoms with Crippen LogP contribution in [0, 0.1) is 0 Å². The van der Waals surface area contributed by atoms with Gasteiger partial charge in [0, 0.05) is 48.0 Å². The van der Waals surface area contributed by atoms with Gasteiger partial charge in [0.25, 0.3) is 0 Å². The predicted molar refractivity (Wildman–Crippen MR) is 111 cm³/mol. The van der Waals surface area contributed by atoms with Gasteiger partial charge in [0.15, 0.2) is 18.3 Å². The number of hydrogen-bond acceptors (Lipinski definition) is 11. The molecule has 1 amide bonds. The van der Waals surface area contributed by atoms with E-state index >= 15 is 0 Å². The second-order valence-corrected chi connectivity index (χ2v) is 7.00. The van der Waals surface area contributed by atoms with Crippen LogP contribution in [0.25, 0.3) is 0 Å². The highest BCUT2D eigenvalue weighted by atomic mass is 16.6. The van der Waals surface area contributed by atoms with Crippen LogP contribution in [0.2, 0.25) is 0 Å². The maximum Gasteiger partial charge on any atom is 0.303 e. The topological polar surface area (TPSA) is 161 Å². The van der Waals surface area contributed by atoms with Crippen LogP contribution in [0.3, 0.4) is 0 Å². The monoisotopic (exact) mass is 473 g/mol. The summed E-state index contributed by atoms with van der Waals surface area (Å²) in [6.07, 6.45) is -4.22. The van der Waals surface area contributed by atoms with E-state index in [1.165, 1.54) is 13.0 Å². The Bertz CT molecular complexity index is 748. The van der Waals surface area contributed by atoms with Gasteiger partial charge in [-0.1, -0.05) is 6.08 Å². The molecule has 0 saturated carbocycles. The Labute approximate surface area is 191 Å². The van der Waals surface area contributed by atoms with Crippen molar-refractivity contribution in [1.82, 2.24) is 5.32 Å².